The molecule has 2 rings (SSSR count). The number of hydrogen-bond acceptors (Lipinski definition) is 6. The fraction of sp³-hybridized carbons (Fsp3) is 0. The number of allylic oxidation sites excluding steroid dienone is 1. The second-order valence-corrected chi connectivity index (χ2v) is 4.40. The summed E-state index contributed by atoms with van der Waals surface area (Å²) in [4.78, 5) is 9.89. The quantitative estimate of drug-likeness (QED) is 0.169. The minimum absolute atomic E-state index is 0.0320. The zero-order chi connectivity index (χ0) is 17.1. The van der Waals surface area contributed by atoms with Crippen molar-refractivity contribution in [3.05, 3.63) is 62.9 Å². The van der Waals surface area contributed by atoms with Gasteiger partial charge in [-0.2, -0.15) is 5.26 Å². The molecule has 8 nitrogen and oxygen atoms in total. The van der Waals surface area contributed by atoms with Gasteiger partial charge in [-0.3, -0.25) is 10.1 Å². The fourth-order valence-corrected chi connectivity index (χ4v) is 1.82. The number of nitro groups is 1. The summed E-state index contributed by atoms with van der Waals surface area (Å²) < 4.78 is 13.2. The van der Waals surface area contributed by atoms with Crippen LogP contribution in [0.3, 0.4) is 0 Å². The van der Waals surface area contributed by atoms with E-state index >= 15 is 0 Å². The molecule has 1 aromatic heterocycles. The van der Waals surface area contributed by atoms with Crippen LogP contribution in [0.15, 0.2) is 30.5 Å². The molecule has 0 saturated heterocycles. The largest absolute Gasteiger partial charge is 0.617 e. The van der Waals surface area contributed by atoms with Crippen molar-refractivity contribution in [3.63, 3.8) is 0 Å². The maximum absolute atomic E-state index is 13.3. The molecule has 0 spiro atoms. The third-order valence-corrected chi connectivity index (χ3v) is 2.91. The van der Waals surface area contributed by atoms with E-state index in [-0.39, 0.29) is 21.4 Å². The molecule has 23 heavy (non-hydrogen) atoms. The van der Waals surface area contributed by atoms with Crippen LogP contribution in [0, 0.1) is 32.6 Å². The topological polar surface area (TPSA) is 134 Å². The lowest BCUT2D eigenvalue weighted by Gasteiger charge is -2.03. The fourth-order valence-electron chi connectivity index (χ4n) is 1.82. The summed E-state index contributed by atoms with van der Waals surface area (Å²) in [5.41, 5.74) is -0.718. The van der Waals surface area contributed by atoms with Gasteiger partial charge in [0.15, 0.2) is 11.9 Å². The lowest BCUT2D eigenvalue weighted by molar-refractivity contribution is -0.637. The molecular formula is C14H8FN3O5. The monoisotopic (exact) mass is 317 g/mol. The number of hydrogen-bond donors (Lipinski definition) is 2. The highest BCUT2D eigenvalue weighted by Crippen LogP contribution is 2.37. The van der Waals surface area contributed by atoms with E-state index in [0.29, 0.717) is 0 Å². The Balaban J connectivity index is 2.56. The number of nitrogens with zero attached hydrogens (tertiary/aromatic N) is 3. The summed E-state index contributed by atoms with van der Waals surface area (Å²) in [5.74, 6) is -2.76. The van der Waals surface area contributed by atoms with E-state index in [1.807, 2.05) is 0 Å². The second kappa shape index (κ2) is 5.98. The lowest BCUT2D eigenvalue weighted by Crippen LogP contribution is -2.30. The van der Waals surface area contributed by atoms with Gasteiger partial charge in [-0.05, 0) is 17.7 Å². The molecule has 0 saturated carbocycles. The maximum atomic E-state index is 13.3. The number of nitro benzene ring substituents is 1. The van der Waals surface area contributed by atoms with Gasteiger partial charge in [-0.1, -0.05) is 0 Å². The third-order valence-electron chi connectivity index (χ3n) is 2.91. The van der Waals surface area contributed by atoms with Crippen LogP contribution in [0.4, 0.5) is 10.1 Å². The Hall–Kier alpha value is -3.67. The zero-order valence-electron chi connectivity index (χ0n) is 11.3. The number of aromatic nitrogens is 1. The minimum atomic E-state index is -1.12. The second-order valence-electron chi connectivity index (χ2n) is 4.40. The number of pyridine rings is 1. The summed E-state index contributed by atoms with van der Waals surface area (Å²) in [7, 11) is 0. The van der Waals surface area contributed by atoms with Gasteiger partial charge >= 0.3 is 11.6 Å². The first-order valence-corrected chi connectivity index (χ1v) is 6.04. The van der Waals surface area contributed by atoms with E-state index < -0.39 is 28.1 Å². The van der Waals surface area contributed by atoms with Crippen LogP contribution < -0.4 is 4.73 Å². The van der Waals surface area contributed by atoms with E-state index in [9.17, 15) is 29.9 Å². The molecule has 0 unspecified atom stereocenters. The molecule has 2 N–H and O–H groups in total. The number of benzene rings is 1. The van der Waals surface area contributed by atoms with Crippen molar-refractivity contribution in [3.8, 4) is 17.6 Å². The van der Waals surface area contributed by atoms with Crippen LogP contribution >= 0.6 is 0 Å². The Bertz CT molecular complexity index is 873. The lowest BCUT2D eigenvalue weighted by atomic mass is 10.0. The van der Waals surface area contributed by atoms with Crippen LogP contribution in [0.5, 0.6) is 11.5 Å². The van der Waals surface area contributed by atoms with E-state index in [4.69, 9.17) is 5.26 Å². The van der Waals surface area contributed by atoms with Crippen LogP contribution in [0.2, 0.25) is 0 Å². The summed E-state index contributed by atoms with van der Waals surface area (Å²) in [6.45, 7) is 0. The number of aromatic hydroxyl groups is 2. The molecule has 1 aromatic carbocycles. The molecule has 2 aromatic rings. The van der Waals surface area contributed by atoms with Gasteiger partial charge in [0.05, 0.1) is 22.6 Å². The van der Waals surface area contributed by atoms with Crippen molar-refractivity contribution in [1.82, 2.24) is 0 Å². The van der Waals surface area contributed by atoms with Gasteiger partial charge < -0.3 is 15.4 Å². The highest BCUT2D eigenvalue weighted by molar-refractivity contribution is 5.90. The highest BCUT2D eigenvalue weighted by Gasteiger charge is 2.19. The Kier molecular flexibility index (Phi) is 4.09. The molecule has 0 bridgehead atoms. The molecule has 0 aliphatic rings. The number of phenols is 2. The smallest absolute Gasteiger partial charge is 0.371 e. The molecule has 0 aliphatic carbocycles. The first kappa shape index (κ1) is 15.7. The maximum Gasteiger partial charge on any atom is 0.371 e. The van der Waals surface area contributed by atoms with Gasteiger partial charge in [-0.15, -0.1) is 9.12 Å². The molecule has 0 fully saturated rings. The average molecular weight is 317 g/mol. The molecule has 0 amide bonds. The summed E-state index contributed by atoms with van der Waals surface area (Å²) >= 11 is 0. The number of halogens is 1. The Morgan fingerprint density at radius 1 is 1.39 bits per heavy atom. The van der Waals surface area contributed by atoms with Gasteiger partial charge in [0, 0.05) is 17.7 Å². The van der Waals surface area contributed by atoms with Gasteiger partial charge in [0.25, 0.3) is 0 Å². The van der Waals surface area contributed by atoms with Crippen molar-refractivity contribution in [2.45, 2.75) is 0 Å². The average Bonchev–Trinajstić information content (AvgIpc) is 2.50. The molecule has 116 valence electrons. The summed E-state index contributed by atoms with van der Waals surface area (Å²) in [6.07, 6.45) is 2.02. The number of phenolic OH excluding ortho intramolecular Hbond substituents is 2. The van der Waals surface area contributed by atoms with E-state index in [1.165, 1.54) is 6.07 Å². The zero-order valence-corrected chi connectivity index (χ0v) is 11.3. The molecule has 1 heterocycles. The van der Waals surface area contributed by atoms with Crippen molar-refractivity contribution in [2.75, 3.05) is 0 Å². The van der Waals surface area contributed by atoms with Gasteiger partial charge in [-0.25, -0.2) is 0 Å². The van der Waals surface area contributed by atoms with E-state index in [2.05, 4.69) is 0 Å². The minimum Gasteiger partial charge on any atom is -0.617 e. The summed E-state index contributed by atoms with van der Waals surface area (Å²) in [6, 6.07) is 5.74. The molecule has 0 atom stereocenters. The SMILES string of the molecule is N#C/C(=C\c1cc(O)c(O)c([N+](=O)[O-])c1)c1cc[n+]([O-])c(F)c1. The first-order valence-electron chi connectivity index (χ1n) is 6.04. The Labute approximate surface area is 128 Å². The van der Waals surface area contributed by atoms with Crippen LogP contribution in [-0.4, -0.2) is 15.1 Å². The number of rotatable bonds is 3. The predicted octanol–water partition coefficient (Wildman–Crippen LogP) is 1.84. The van der Waals surface area contributed by atoms with Crippen molar-refractivity contribution in [2.24, 2.45) is 0 Å². The molecule has 0 aliphatic heterocycles. The summed E-state index contributed by atoms with van der Waals surface area (Å²) in [5, 5.41) is 49.8. The Morgan fingerprint density at radius 2 is 2.09 bits per heavy atom. The molecule has 0 radical (unpaired) electrons. The third kappa shape index (κ3) is 3.16. The Morgan fingerprint density at radius 3 is 2.65 bits per heavy atom. The first-order chi connectivity index (χ1) is 10.8. The predicted molar refractivity (Wildman–Crippen MR) is 75.3 cm³/mol. The van der Waals surface area contributed by atoms with Gasteiger partial charge in [0.1, 0.15) is 0 Å². The van der Waals surface area contributed by atoms with Crippen LogP contribution in [-0.2, 0) is 0 Å². The van der Waals surface area contributed by atoms with Crippen LogP contribution in [0.25, 0.3) is 11.6 Å². The normalized spacial score (nSPS) is 11.0. The van der Waals surface area contributed by atoms with E-state index in [0.717, 1.165) is 30.5 Å². The number of nitriles is 1. The highest BCUT2D eigenvalue weighted by atomic mass is 19.1. The van der Waals surface area contributed by atoms with E-state index in [1.54, 1.807) is 6.07 Å². The standard InChI is InChI=1S/C14H8FN3O5/c15-13-6-9(1-2-17(13)21)10(7-16)3-8-4-11(18(22)23)14(20)12(19)5-8/h1-6,19-20H/b10-3+. The van der Waals surface area contributed by atoms with Crippen molar-refractivity contribution in [1.29, 1.82) is 5.26 Å². The van der Waals surface area contributed by atoms with Gasteiger partial charge in [0.2, 0.25) is 5.75 Å². The van der Waals surface area contributed by atoms with Crippen molar-refractivity contribution >= 4 is 17.3 Å². The molecular weight excluding hydrogens is 309 g/mol. The van der Waals surface area contributed by atoms with Crippen LogP contribution in [0.1, 0.15) is 11.1 Å². The van der Waals surface area contributed by atoms with Crippen molar-refractivity contribution < 1.29 is 24.3 Å². The molecule has 9 heteroatoms.